The van der Waals surface area contributed by atoms with Crippen LogP contribution in [0.15, 0.2) is 36.8 Å². The summed E-state index contributed by atoms with van der Waals surface area (Å²) in [6.07, 6.45) is 8.93. The number of carbonyl (C=O) groups is 1. The van der Waals surface area contributed by atoms with Gasteiger partial charge in [-0.25, -0.2) is 9.97 Å². The Morgan fingerprint density at radius 1 is 1.18 bits per heavy atom. The number of benzene rings is 1. The number of carbonyl (C=O) groups excluding carboxylic acids is 1. The highest BCUT2D eigenvalue weighted by molar-refractivity contribution is 6.30. The molecule has 0 N–H and O–H groups in total. The molecule has 1 aliphatic carbocycles. The lowest BCUT2D eigenvalue weighted by Crippen LogP contribution is -2.38. The second kappa shape index (κ2) is 7.84. The summed E-state index contributed by atoms with van der Waals surface area (Å²) in [5.41, 5.74) is 4.44. The molecule has 2 heterocycles. The molecule has 0 bridgehead atoms. The highest BCUT2D eigenvalue weighted by Gasteiger charge is 2.29. The number of hydrogen-bond acceptors (Lipinski definition) is 4. The van der Waals surface area contributed by atoms with Gasteiger partial charge in [-0.3, -0.25) is 9.78 Å². The van der Waals surface area contributed by atoms with Crippen molar-refractivity contribution in [3.8, 4) is 0 Å². The predicted octanol–water partition coefficient (Wildman–Crippen LogP) is 4.88. The maximum Gasteiger partial charge on any atom is 0.274 e. The largest absolute Gasteiger partial charge is 0.330 e. The first kappa shape index (κ1) is 18.8. The van der Waals surface area contributed by atoms with Crippen molar-refractivity contribution in [3.63, 3.8) is 0 Å². The second-order valence-electron chi connectivity index (χ2n) is 7.55. The van der Waals surface area contributed by atoms with Crippen LogP contribution in [0.2, 0.25) is 5.15 Å². The first-order valence-electron chi connectivity index (χ1n) is 9.66. The molecule has 28 heavy (non-hydrogen) atoms. The molecule has 1 aliphatic rings. The number of halogens is 1. The number of aryl methyl sites for hydroxylation is 2. The lowest BCUT2D eigenvalue weighted by molar-refractivity contribution is 0.0658. The summed E-state index contributed by atoms with van der Waals surface area (Å²) >= 11 is 6.53. The monoisotopic (exact) mass is 394 g/mol. The van der Waals surface area contributed by atoms with Gasteiger partial charge in [0, 0.05) is 35.9 Å². The Morgan fingerprint density at radius 2 is 1.96 bits per heavy atom. The fourth-order valence-corrected chi connectivity index (χ4v) is 4.29. The van der Waals surface area contributed by atoms with E-state index < -0.39 is 0 Å². The Hall–Kier alpha value is -2.53. The SMILES string of the molecule is Cc1cc(C)c2cc(CN(C(=O)c3cnccn3)C3CCCC3)c(Cl)nc2c1. The Labute approximate surface area is 169 Å². The van der Waals surface area contributed by atoms with Gasteiger partial charge in [0.25, 0.3) is 5.91 Å². The molecule has 144 valence electrons. The van der Waals surface area contributed by atoms with E-state index in [-0.39, 0.29) is 11.9 Å². The van der Waals surface area contributed by atoms with E-state index in [9.17, 15) is 4.79 Å². The number of aromatic nitrogens is 3. The molecule has 0 saturated heterocycles. The van der Waals surface area contributed by atoms with E-state index in [1.165, 1.54) is 6.20 Å². The summed E-state index contributed by atoms with van der Waals surface area (Å²) < 4.78 is 0. The molecule has 1 amide bonds. The fraction of sp³-hybridized carbons (Fsp3) is 0.364. The lowest BCUT2D eigenvalue weighted by Gasteiger charge is -2.29. The molecule has 1 saturated carbocycles. The standard InChI is InChI=1S/C22H23ClN4O/c1-14-9-15(2)18-11-16(21(23)26-19(18)10-14)13-27(17-5-3-4-6-17)22(28)20-12-24-7-8-25-20/h7-12,17H,3-6,13H2,1-2H3. The summed E-state index contributed by atoms with van der Waals surface area (Å²) in [4.78, 5) is 27.9. The third-order valence-electron chi connectivity index (χ3n) is 5.46. The van der Waals surface area contributed by atoms with E-state index in [2.05, 4.69) is 40.9 Å². The van der Waals surface area contributed by atoms with E-state index >= 15 is 0 Å². The van der Waals surface area contributed by atoms with Gasteiger partial charge in [-0.1, -0.05) is 30.5 Å². The van der Waals surface area contributed by atoms with E-state index in [4.69, 9.17) is 11.6 Å². The normalized spacial score (nSPS) is 14.5. The number of pyridine rings is 1. The van der Waals surface area contributed by atoms with Crippen LogP contribution < -0.4 is 0 Å². The van der Waals surface area contributed by atoms with Gasteiger partial charge in [-0.2, -0.15) is 0 Å². The molecular weight excluding hydrogens is 372 g/mol. The third kappa shape index (κ3) is 3.72. The van der Waals surface area contributed by atoms with Crippen LogP contribution in [0.25, 0.3) is 10.9 Å². The van der Waals surface area contributed by atoms with Crippen LogP contribution in [0.5, 0.6) is 0 Å². The minimum absolute atomic E-state index is 0.100. The van der Waals surface area contributed by atoms with Crippen LogP contribution in [0, 0.1) is 13.8 Å². The lowest BCUT2D eigenvalue weighted by atomic mass is 10.0. The topological polar surface area (TPSA) is 59.0 Å². The van der Waals surface area contributed by atoms with Crippen LogP contribution in [-0.4, -0.2) is 31.8 Å². The molecule has 2 aromatic heterocycles. The number of amides is 1. The first-order valence-corrected chi connectivity index (χ1v) is 10.0. The zero-order chi connectivity index (χ0) is 19.7. The average molecular weight is 395 g/mol. The van der Waals surface area contributed by atoms with Crippen molar-refractivity contribution in [2.45, 2.75) is 52.1 Å². The minimum atomic E-state index is -0.100. The van der Waals surface area contributed by atoms with E-state index in [1.54, 1.807) is 12.4 Å². The number of rotatable bonds is 4. The molecule has 1 fully saturated rings. The fourth-order valence-electron chi connectivity index (χ4n) is 4.08. The van der Waals surface area contributed by atoms with Crippen molar-refractivity contribution in [2.75, 3.05) is 0 Å². The molecule has 0 aliphatic heterocycles. The molecule has 4 rings (SSSR count). The summed E-state index contributed by atoms with van der Waals surface area (Å²) in [5.74, 6) is -0.100. The highest BCUT2D eigenvalue weighted by Crippen LogP contribution is 2.30. The van der Waals surface area contributed by atoms with Gasteiger partial charge in [0.2, 0.25) is 0 Å². The van der Waals surface area contributed by atoms with Gasteiger partial charge in [-0.05, 0) is 49.9 Å². The highest BCUT2D eigenvalue weighted by atomic mass is 35.5. The quantitative estimate of drug-likeness (QED) is 0.591. The molecule has 0 atom stereocenters. The van der Waals surface area contributed by atoms with E-state index in [0.29, 0.717) is 17.4 Å². The van der Waals surface area contributed by atoms with Gasteiger partial charge >= 0.3 is 0 Å². The van der Waals surface area contributed by atoms with Gasteiger partial charge in [-0.15, -0.1) is 0 Å². The van der Waals surface area contributed by atoms with Crippen molar-refractivity contribution in [1.82, 2.24) is 19.9 Å². The predicted molar refractivity (Wildman–Crippen MR) is 110 cm³/mol. The molecule has 0 unspecified atom stereocenters. The minimum Gasteiger partial charge on any atom is -0.330 e. The van der Waals surface area contributed by atoms with Gasteiger partial charge in [0.15, 0.2) is 0 Å². The molecule has 5 nitrogen and oxygen atoms in total. The maximum absolute atomic E-state index is 13.2. The smallest absolute Gasteiger partial charge is 0.274 e. The number of nitrogens with zero attached hydrogens (tertiary/aromatic N) is 4. The average Bonchev–Trinajstić information content (AvgIpc) is 3.21. The molecule has 1 aromatic carbocycles. The summed E-state index contributed by atoms with van der Waals surface area (Å²) in [6, 6.07) is 6.45. The summed E-state index contributed by atoms with van der Waals surface area (Å²) in [6.45, 7) is 4.56. The second-order valence-corrected chi connectivity index (χ2v) is 7.91. The van der Waals surface area contributed by atoms with Crippen molar-refractivity contribution >= 4 is 28.4 Å². The van der Waals surface area contributed by atoms with Crippen molar-refractivity contribution in [3.05, 3.63) is 64.3 Å². The zero-order valence-electron chi connectivity index (χ0n) is 16.2. The molecule has 6 heteroatoms. The van der Waals surface area contributed by atoms with Crippen LogP contribution in [0.3, 0.4) is 0 Å². The Balaban J connectivity index is 1.72. The third-order valence-corrected chi connectivity index (χ3v) is 5.79. The first-order chi connectivity index (χ1) is 13.5. The zero-order valence-corrected chi connectivity index (χ0v) is 16.9. The van der Waals surface area contributed by atoms with Crippen molar-refractivity contribution in [1.29, 1.82) is 0 Å². The Bertz CT molecular complexity index is 1020. The maximum atomic E-state index is 13.2. The van der Waals surface area contributed by atoms with Crippen LogP contribution >= 0.6 is 11.6 Å². The van der Waals surface area contributed by atoms with Crippen molar-refractivity contribution < 1.29 is 4.79 Å². The van der Waals surface area contributed by atoms with Crippen LogP contribution in [-0.2, 0) is 6.54 Å². The van der Waals surface area contributed by atoms with E-state index in [0.717, 1.165) is 53.3 Å². The molecule has 0 spiro atoms. The molecular formula is C22H23ClN4O. The number of hydrogen-bond donors (Lipinski definition) is 0. The van der Waals surface area contributed by atoms with Crippen molar-refractivity contribution in [2.24, 2.45) is 0 Å². The Morgan fingerprint density at radius 3 is 2.68 bits per heavy atom. The molecule has 3 aromatic rings. The summed E-state index contributed by atoms with van der Waals surface area (Å²) in [7, 11) is 0. The molecule has 0 radical (unpaired) electrons. The van der Waals surface area contributed by atoms with Crippen LogP contribution in [0.1, 0.15) is 52.9 Å². The van der Waals surface area contributed by atoms with Gasteiger partial charge < -0.3 is 4.90 Å². The Kier molecular flexibility index (Phi) is 5.27. The van der Waals surface area contributed by atoms with E-state index in [1.807, 2.05) is 11.0 Å². The van der Waals surface area contributed by atoms with Crippen LogP contribution in [0.4, 0.5) is 0 Å². The number of fused-ring (bicyclic) bond motifs is 1. The summed E-state index contributed by atoms with van der Waals surface area (Å²) in [5, 5.41) is 1.52. The van der Waals surface area contributed by atoms with Gasteiger partial charge in [0.1, 0.15) is 10.8 Å². The van der Waals surface area contributed by atoms with Gasteiger partial charge in [0.05, 0.1) is 11.7 Å².